The lowest BCUT2D eigenvalue weighted by atomic mass is 9.68. The van der Waals surface area contributed by atoms with Crippen LogP contribution in [0.25, 0.3) is 0 Å². The Kier molecular flexibility index (Phi) is 6.54. The highest BCUT2D eigenvalue weighted by atomic mass is 16.2. The minimum absolute atomic E-state index is 0.00184. The minimum Gasteiger partial charge on any atom is -0.353 e. The Hall–Kier alpha value is -2.89. The normalized spacial score (nSPS) is 18.5. The van der Waals surface area contributed by atoms with Gasteiger partial charge in [-0.3, -0.25) is 9.59 Å². The van der Waals surface area contributed by atoms with Gasteiger partial charge >= 0.3 is 0 Å². The van der Waals surface area contributed by atoms with Gasteiger partial charge in [0.2, 0.25) is 11.8 Å². The van der Waals surface area contributed by atoms with Crippen LogP contribution in [-0.2, 0) is 15.0 Å². The van der Waals surface area contributed by atoms with Crippen LogP contribution in [0.5, 0.6) is 0 Å². The molecule has 0 spiro atoms. The van der Waals surface area contributed by atoms with Crippen molar-refractivity contribution in [2.45, 2.75) is 50.9 Å². The quantitative estimate of drug-likeness (QED) is 0.795. The first-order valence-corrected chi connectivity index (χ1v) is 11.5. The van der Waals surface area contributed by atoms with Crippen LogP contribution in [0.2, 0.25) is 0 Å². The number of carbonyl (C=O) groups is 2. The van der Waals surface area contributed by atoms with E-state index >= 15 is 0 Å². The van der Waals surface area contributed by atoms with Crippen LogP contribution in [0, 0.1) is 0 Å². The van der Waals surface area contributed by atoms with Crippen LogP contribution in [0.4, 0.5) is 11.5 Å². The molecule has 0 atom stereocenters. The Morgan fingerprint density at radius 2 is 1.68 bits per heavy atom. The van der Waals surface area contributed by atoms with Crippen molar-refractivity contribution in [2.75, 3.05) is 36.4 Å². The summed E-state index contributed by atoms with van der Waals surface area (Å²) in [5.74, 6) is 1.24. The molecule has 164 valence electrons. The van der Waals surface area contributed by atoms with Crippen molar-refractivity contribution in [2.24, 2.45) is 0 Å². The molecule has 0 radical (unpaired) electrons. The van der Waals surface area contributed by atoms with Crippen LogP contribution in [0.3, 0.4) is 0 Å². The maximum atomic E-state index is 13.8. The topological polar surface area (TPSA) is 65.5 Å². The molecule has 6 heteroatoms. The molecule has 2 aromatic rings. The van der Waals surface area contributed by atoms with E-state index in [-0.39, 0.29) is 11.8 Å². The van der Waals surface area contributed by atoms with Gasteiger partial charge in [-0.25, -0.2) is 4.98 Å². The summed E-state index contributed by atoms with van der Waals surface area (Å²) < 4.78 is 0. The third-order valence-electron chi connectivity index (χ3n) is 6.70. The van der Waals surface area contributed by atoms with Crippen LogP contribution in [0.1, 0.15) is 51.0 Å². The summed E-state index contributed by atoms with van der Waals surface area (Å²) >= 11 is 0. The number of nitrogens with one attached hydrogen (secondary N) is 1. The van der Waals surface area contributed by atoms with Crippen LogP contribution < -0.4 is 10.2 Å². The number of carbonyl (C=O) groups excluding carboxylic acids is 2. The van der Waals surface area contributed by atoms with Gasteiger partial charge in [-0.1, -0.05) is 44.4 Å². The second kappa shape index (κ2) is 9.50. The summed E-state index contributed by atoms with van der Waals surface area (Å²) in [5.41, 5.74) is 1.43. The van der Waals surface area contributed by atoms with Gasteiger partial charge in [-0.2, -0.15) is 0 Å². The van der Waals surface area contributed by atoms with E-state index in [1.807, 2.05) is 55.6 Å². The summed E-state index contributed by atoms with van der Waals surface area (Å²) in [6.07, 6.45) is 7.40. The maximum Gasteiger partial charge on any atom is 0.233 e. The van der Waals surface area contributed by atoms with Crippen molar-refractivity contribution in [1.29, 1.82) is 0 Å². The standard InChI is InChI=1S/C25H32N4O2/c1-2-23(30)27-21-11-9-20(10-12-21)25(13-5-3-6-14-25)24(31)29-18-16-28(17-19-29)22-8-4-7-15-26-22/h4,7-12,15H,2-3,5-6,13-14,16-19H2,1H3,(H,27,30). The average molecular weight is 421 g/mol. The smallest absolute Gasteiger partial charge is 0.233 e. The maximum absolute atomic E-state index is 13.8. The van der Waals surface area contributed by atoms with Crippen molar-refractivity contribution in [3.8, 4) is 0 Å². The van der Waals surface area contributed by atoms with Gasteiger partial charge in [0.25, 0.3) is 0 Å². The number of piperazine rings is 1. The fourth-order valence-corrected chi connectivity index (χ4v) is 4.89. The van der Waals surface area contributed by atoms with Gasteiger partial charge in [-0.15, -0.1) is 0 Å². The van der Waals surface area contributed by atoms with Crippen molar-refractivity contribution in [3.63, 3.8) is 0 Å². The summed E-state index contributed by atoms with van der Waals surface area (Å²) in [6.45, 7) is 4.90. The molecule has 2 amide bonds. The molecule has 4 rings (SSSR count). The monoisotopic (exact) mass is 420 g/mol. The zero-order chi connectivity index (χ0) is 21.7. The lowest BCUT2D eigenvalue weighted by Gasteiger charge is -2.43. The van der Waals surface area contributed by atoms with Gasteiger partial charge in [0.15, 0.2) is 0 Å². The molecule has 1 aliphatic carbocycles. The molecular weight excluding hydrogens is 388 g/mol. The molecule has 1 saturated carbocycles. The molecule has 1 aliphatic heterocycles. The van der Waals surface area contributed by atoms with Crippen LogP contribution in [0.15, 0.2) is 48.7 Å². The van der Waals surface area contributed by atoms with Gasteiger partial charge in [0.05, 0.1) is 5.41 Å². The van der Waals surface area contributed by atoms with Crippen molar-refractivity contribution in [1.82, 2.24) is 9.88 Å². The van der Waals surface area contributed by atoms with Crippen LogP contribution in [-0.4, -0.2) is 47.9 Å². The molecule has 1 N–H and O–H groups in total. The Morgan fingerprint density at radius 1 is 0.968 bits per heavy atom. The lowest BCUT2D eigenvalue weighted by molar-refractivity contribution is -0.139. The van der Waals surface area contributed by atoms with Crippen LogP contribution >= 0.6 is 0 Å². The Morgan fingerprint density at radius 3 is 2.29 bits per heavy atom. The predicted molar refractivity (Wildman–Crippen MR) is 123 cm³/mol. The first kappa shape index (κ1) is 21.3. The third-order valence-corrected chi connectivity index (χ3v) is 6.70. The average Bonchev–Trinajstić information content (AvgIpc) is 2.85. The summed E-state index contributed by atoms with van der Waals surface area (Å²) in [5, 5.41) is 2.90. The molecule has 2 fully saturated rings. The molecule has 1 saturated heterocycles. The predicted octanol–water partition coefficient (Wildman–Crippen LogP) is 3.98. The fraction of sp³-hybridized carbons (Fsp3) is 0.480. The largest absolute Gasteiger partial charge is 0.353 e. The summed E-state index contributed by atoms with van der Waals surface area (Å²) in [4.78, 5) is 34.3. The zero-order valence-electron chi connectivity index (χ0n) is 18.3. The summed E-state index contributed by atoms with van der Waals surface area (Å²) in [7, 11) is 0. The van der Waals surface area contributed by atoms with E-state index in [0.717, 1.165) is 68.9 Å². The highest BCUT2D eigenvalue weighted by molar-refractivity contribution is 5.91. The van der Waals surface area contributed by atoms with Gasteiger partial charge < -0.3 is 15.1 Å². The molecule has 1 aromatic heterocycles. The number of nitrogens with zero attached hydrogens (tertiary/aromatic N) is 3. The molecule has 0 unspecified atom stereocenters. The van der Waals surface area contributed by atoms with Crippen molar-refractivity contribution < 1.29 is 9.59 Å². The number of rotatable bonds is 5. The van der Waals surface area contributed by atoms with E-state index < -0.39 is 5.41 Å². The molecule has 0 bridgehead atoms. The number of pyridine rings is 1. The molecular formula is C25H32N4O2. The highest BCUT2D eigenvalue weighted by Gasteiger charge is 2.44. The van der Waals surface area contributed by atoms with Crippen molar-refractivity contribution >= 4 is 23.3 Å². The second-order valence-corrected chi connectivity index (χ2v) is 8.59. The number of hydrogen-bond donors (Lipinski definition) is 1. The molecule has 6 nitrogen and oxygen atoms in total. The molecule has 2 heterocycles. The molecule has 2 aliphatic rings. The van der Waals surface area contributed by atoms with Gasteiger partial charge in [-0.05, 0) is 42.7 Å². The van der Waals surface area contributed by atoms with E-state index in [1.54, 1.807) is 0 Å². The van der Waals surface area contributed by atoms with E-state index in [0.29, 0.717) is 6.42 Å². The number of aromatic nitrogens is 1. The second-order valence-electron chi connectivity index (χ2n) is 8.59. The minimum atomic E-state index is -0.446. The highest BCUT2D eigenvalue weighted by Crippen LogP contribution is 2.41. The number of hydrogen-bond acceptors (Lipinski definition) is 4. The first-order valence-electron chi connectivity index (χ1n) is 11.5. The Bertz CT molecular complexity index is 883. The molecule has 31 heavy (non-hydrogen) atoms. The van der Waals surface area contributed by atoms with E-state index in [4.69, 9.17) is 0 Å². The number of amides is 2. The number of anilines is 2. The van der Waals surface area contributed by atoms with E-state index in [9.17, 15) is 9.59 Å². The van der Waals surface area contributed by atoms with E-state index in [1.165, 1.54) is 6.42 Å². The fourth-order valence-electron chi connectivity index (χ4n) is 4.89. The SMILES string of the molecule is CCC(=O)Nc1ccc(C2(C(=O)N3CCN(c4ccccn4)CC3)CCCCC2)cc1. The zero-order valence-corrected chi connectivity index (χ0v) is 18.3. The Balaban J connectivity index is 1.50. The number of benzene rings is 1. The van der Waals surface area contributed by atoms with E-state index in [2.05, 4.69) is 20.1 Å². The lowest BCUT2D eigenvalue weighted by Crippen LogP contribution is -2.55. The summed E-state index contributed by atoms with van der Waals surface area (Å²) in [6, 6.07) is 13.9. The molecule has 1 aromatic carbocycles. The van der Waals surface area contributed by atoms with Gasteiger partial charge in [0.1, 0.15) is 5.82 Å². The first-order chi connectivity index (χ1) is 15.1. The van der Waals surface area contributed by atoms with Gasteiger partial charge in [0, 0.05) is 44.5 Å². The third kappa shape index (κ3) is 4.58. The van der Waals surface area contributed by atoms with Crippen molar-refractivity contribution in [3.05, 3.63) is 54.2 Å². The Labute approximate surface area is 184 Å².